The molecule has 0 radical (unpaired) electrons. The first-order chi connectivity index (χ1) is 8.95. The van der Waals surface area contributed by atoms with Gasteiger partial charge in [0.05, 0.1) is 12.6 Å². The zero-order valence-corrected chi connectivity index (χ0v) is 11.5. The monoisotopic (exact) mass is 266 g/mol. The van der Waals surface area contributed by atoms with Crippen LogP contribution in [0.2, 0.25) is 0 Å². The highest BCUT2D eigenvalue weighted by Gasteiger charge is 2.44. The van der Waals surface area contributed by atoms with E-state index in [9.17, 15) is 9.59 Å². The summed E-state index contributed by atoms with van der Waals surface area (Å²) in [5.74, 6) is -0.814. The van der Waals surface area contributed by atoms with Gasteiger partial charge < -0.3 is 10.1 Å². The highest BCUT2D eigenvalue weighted by Crippen LogP contribution is 2.26. The van der Waals surface area contributed by atoms with Crippen molar-refractivity contribution in [2.24, 2.45) is 11.8 Å². The normalized spacial score (nSPS) is 22.1. The predicted molar refractivity (Wildman–Crippen MR) is 67.8 cm³/mol. The summed E-state index contributed by atoms with van der Waals surface area (Å²) in [6.07, 6.45) is 0. The van der Waals surface area contributed by atoms with Gasteiger partial charge in [0.15, 0.2) is 5.92 Å². The van der Waals surface area contributed by atoms with Crippen molar-refractivity contribution in [3.63, 3.8) is 0 Å². The largest absolute Gasteiger partial charge is 0.465 e. The molecule has 7 heteroatoms. The van der Waals surface area contributed by atoms with E-state index in [0.717, 1.165) is 4.68 Å². The SMILES string of the molecule is CCOC(=O)[C@H]1C(=O)n2nc(C)nc2N[C@@H]1C(C)C. The highest BCUT2D eigenvalue weighted by atomic mass is 16.5. The third-order valence-corrected chi connectivity index (χ3v) is 3.10. The van der Waals surface area contributed by atoms with Crippen LogP contribution in [0.4, 0.5) is 5.95 Å². The average molecular weight is 266 g/mol. The molecular weight excluding hydrogens is 248 g/mol. The first-order valence-corrected chi connectivity index (χ1v) is 6.36. The molecule has 2 heterocycles. The van der Waals surface area contributed by atoms with E-state index in [4.69, 9.17) is 4.74 Å². The number of carbonyl (C=O) groups is 2. The average Bonchev–Trinajstić information content (AvgIpc) is 2.70. The molecule has 0 aliphatic carbocycles. The van der Waals surface area contributed by atoms with E-state index in [0.29, 0.717) is 11.8 Å². The molecule has 1 aromatic heterocycles. The number of ether oxygens (including phenoxy) is 1. The molecule has 1 N–H and O–H groups in total. The fraction of sp³-hybridized carbons (Fsp3) is 0.667. The minimum atomic E-state index is -0.881. The molecule has 2 atom stereocenters. The minimum Gasteiger partial charge on any atom is -0.465 e. The lowest BCUT2D eigenvalue weighted by Crippen LogP contribution is -2.50. The third kappa shape index (κ3) is 2.32. The molecule has 104 valence electrons. The number of aryl methyl sites for hydroxylation is 1. The molecule has 0 amide bonds. The van der Waals surface area contributed by atoms with Gasteiger partial charge in [0, 0.05) is 0 Å². The van der Waals surface area contributed by atoms with Gasteiger partial charge in [-0.3, -0.25) is 9.59 Å². The van der Waals surface area contributed by atoms with Gasteiger partial charge in [-0.25, -0.2) is 0 Å². The van der Waals surface area contributed by atoms with Crippen LogP contribution in [0.1, 0.15) is 31.4 Å². The van der Waals surface area contributed by atoms with Crippen LogP contribution in [0, 0.1) is 18.8 Å². The van der Waals surface area contributed by atoms with Crippen molar-refractivity contribution in [3.05, 3.63) is 5.82 Å². The number of hydrogen-bond acceptors (Lipinski definition) is 6. The van der Waals surface area contributed by atoms with Crippen molar-refractivity contribution in [1.29, 1.82) is 0 Å². The van der Waals surface area contributed by atoms with E-state index < -0.39 is 11.9 Å². The standard InChI is InChI=1S/C12H18N4O3/c1-5-19-11(18)8-9(6(2)3)14-12-13-7(4)15-16(12)10(8)17/h6,8-9H,5H2,1-4H3,(H,13,14,15)/t8-,9-/m1/s1. The molecule has 0 bridgehead atoms. The number of fused-ring (bicyclic) bond motifs is 1. The Balaban J connectivity index is 2.40. The summed E-state index contributed by atoms with van der Waals surface area (Å²) in [7, 11) is 0. The van der Waals surface area contributed by atoms with Crippen LogP contribution in [0.15, 0.2) is 0 Å². The zero-order chi connectivity index (χ0) is 14.2. The number of nitrogens with zero attached hydrogens (tertiary/aromatic N) is 3. The summed E-state index contributed by atoms with van der Waals surface area (Å²) >= 11 is 0. The van der Waals surface area contributed by atoms with Crippen molar-refractivity contribution in [2.75, 3.05) is 11.9 Å². The van der Waals surface area contributed by atoms with Crippen molar-refractivity contribution in [3.8, 4) is 0 Å². The van der Waals surface area contributed by atoms with E-state index in [-0.39, 0.29) is 24.5 Å². The van der Waals surface area contributed by atoms with Crippen molar-refractivity contribution in [2.45, 2.75) is 33.7 Å². The lowest BCUT2D eigenvalue weighted by molar-refractivity contribution is -0.147. The second-order valence-electron chi connectivity index (χ2n) is 4.88. The summed E-state index contributed by atoms with van der Waals surface area (Å²) in [5, 5.41) is 7.11. The Kier molecular flexibility index (Phi) is 3.55. The molecular formula is C12H18N4O3. The number of esters is 1. The zero-order valence-electron chi connectivity index (χ0n) is 11.5. The molecule has 0 fully saturated rings. The Bertz CT molecular complexity index is 509. The second kappa shape index (κ2) is 4.99. The quantitative estimate of drug-likeness (QED) is 0.645. The van der Waals surface area contributed by atoms with Gasteiger partial charge in [-0.2, -0.15) is 9.67 Å². The lowest BCUT2D eigenvalue weighted by atomic mass is 9.88. The summed E-state index contributed by atoms with van der Waals surface area (Å²) in [4.78, 5) is 28.5. The Morgan fingerprint density at radius 1 is 1.53 bits per heavy atom. The van der Waals surface area contributed by atoms with Gasteiger partial charge in [-0.15, -0.1) is 5.10 Å². The van der Waals surface area contributed by atoms with E-state index in [1.165, 1.54) is 0 Å². The summed E-state index contributed by atoms with van der Waals surface area (Å²) < 4.78 is 6.14. The summed E-state index contributed by atoms with van der Waals surface area (Å²) in [6, 6.07) is -0.331. The molecule has 0 saturated heterocycles. The molecule has 0 spiro atoms. The Labute approximate surface area is 111 Å². The molecule has 1 aliphatic heterocycles. The summed E-state index contributed by atoms with van der Waals surface area (Å²) in [5.41, 5.74) is 0. The Hall–Kier alpha value is -1.92. The van der Waals surface area contributed by atoms with Crippen LogP contribution < -0.4 is 5.32 Å². The van der Waals surface area contributed by atoms with Gasteiger partial charge in [0.2, 0.25) is 5.95 Å². The van der Waals surface area contributed by atoms with Crippen molar-refractivity contribution in [1.82, 2.24) is 14.8 Å². The molecule has 2 rings (SSSR count). The van der Waals surface area contributed by atoms with Crippen LogP contribution in [0.3, 0.4) is 0 Å². The third-order valence-electron chi connectivity index (χ3n) is 3.10. The number of anilines is 1. The number of carbonyl (C=O) groups excluding carboxylic acids is 2. The van der Waals surface area contributed by atoms with Gasteiger partial charge in [-0.05, 0) is 19.8 Å². The topological polar surface area (TPSA) is 86.1 Å². The fourth-order valence-electron chi connectivity index (χ4n) is 2.21. The molecule has 0 aromatic carbocycles. The molecule has 0 saturated carbocycles. The number of nitrogens with one attached hydrogen (secondary N) is 1. The first-order valence-electron chi connectivity index (χ1n) is 6.36. The summed E-state index contributed by atoms with van der Waals surface area (Å²) in [6.45, 7) is 7.54. The van der Waals surface area contributed by atoms with Crippen LogP contribution in [-0.2, 0) is 9.53 Å². The highest BCUT2D eigenvalue weighted by molar-refractivity contribution is 6.02. The minimum absolute atomic E-state index is 0.0871. The van der Waals surface area contributed by atoms with E-state index in [1.807, 2.05) is 13.8 Å². The van der Waals surface area contributed by atoms with Crippen molar-refractivity contribution >= 4 is 17.8 Å². The number of rotatable bonds is 3. The molecule has 19 heavy (non-hydrogen) atoms. The van der Waals surface area contributed by atoms with Crippen molar-refractivity contribution < 1.29 is 14.3 Å². The molecule has 7 nitrogen and oxygen atoms in total. The van der Waals surface area contributed by atoms with Gasteiger partial charge in [0.25, 0.3) is 5.91 Å². The van der Waals surface area contributed by atoms with Crippen LogP contribution >= 0.6 is 0 Å². The number of hydrogen-bond donors (Lipinski definition) is 1. The molecule has 0 unspecified atom stereocenters. The maximum atomic E-state index is 12.4. The van der Waals surface area contributed by atoms with Gasteiger partial charge in [0.1, 0.15) is 5.82 Å². The maximum Gasteiger partial charge on any atom is 0.320 e. The first kappa shape index (κ1) is 13.5. The fourth-order valence-corrected chi connectivity index (χ4v) is 2.21. The molecule has 1 aliphatic rings. The van der Waals surface area contributed by atoms with E-state index >= 15 is 0 Å². The van der Waals surface area contributed by atoms with E-state index in [2.05, 4.69) is 15.4 Å². The Morgan fingerprint density at radius 3 is 2.79 bits per heavy atom. The van der Waals surface area contributed by atoms with Crippen LogP contribution in [0.25, 0.3) is 0 Å². The van der Waals surface area contributed by atoms with E-state index in [1.54, 1.807) is 13.8 Å². The van der Waals surface area contributed by atoms with Gasteiger partial charge in [-0.1, -0.05) is 13.8 Å². The Morgan fingerprint density at radius 2 is 2.21 bits per heavy atom. The number of aromatic nitrogens is 3. The van der Waals surface area contributed by atoms with Gasteiger partial charge >= 0.3 is 5.97 Å². The van der Waals surface area contributed by atoms with Crippen LogP contribution in [-0.4, -0.2) is 39.3 Å². The smallest absolute Gasteiger partial charge is 0.320 e. The lowest BCUT2D eigenvalue weighted by Gasteiger charge is -2.32. The molecule has 1 aromatic rings. The predicted octanol–water partition coefficient (Wildman–Crippen LogP) is 0.856. The second-order valence-corrected chi connectivity index (χ2v) is 4.88. The maximum absolute atomic E-state index is 12.4. The van der Waals surface area contributed by atoms with Crippen LogP contribution in [0.5, 0.6) is 0 Å².